The molecule has 0 aliphatic rings. The Hall–Kier alpha value is -4.12. The van der Waals surface area contributed by atoms with Crippen molar-refractivity contribution in [3.05, 3.63) is 102 Å². The van der Waals surface area contributed by atoms with Gasteiger partial charge in [0, 0.05) is 12.8 Å². The molecule has 0 aliphatic carbocycles. The first-order chi connectivity index (χ1) is 16.7. The third-order valence-electron chi connectivity index (χ3n) is 4.97. The van der Waals surface area contributed by atoms with Crippen LogP contribution in [0.1, 0.15) is 21.8 Å². The Morgan fingerprint density at radius 3 is 2.43 bits per heavy atom. The van der Waals surface area contributed by atoms with E-state index in [1.165, 1.54) is 42.8 Å². The van der Waals surface area contributed by atoms with Gasteiger partial charge < -0.3 is 14.6 Å². The number of benzene rings is 2. The highest BCUT2D eigenvalue weighted by Crippen LogP contribution is 2.26. The van der Waals surface area contributed by atoms with E-state index in [1.807, 2.05) is 0 Å². The van der Waals surface area contributed by atoms with Crippen LogP contribution >= 0.6 is 0 Å². The predicted molar refractivity (Wildman–Crippen MR) is 124 cm³/mol. The van der Waals surface area contributed by atoms with Gasteiger partial charge in [0.15, 0.2) is 5.69 Å². The Morgan fingerprint density at radius 1 is 1.03 bits per heavy atom. The van der Waals surface area contributed by atoms with Crippen molar-refractivity contribution in [2.24, 2.45) is 0 Å². The number of carbonyl (C=O) groups excluding carboxylic acids is 1. The molecular weight excluding hydrogens is 478 g/mol. The third-order valence-corrected chi connectivity index (χ3v) is 5.83. The van der Waals surface area contributed by atoms with Crippen LogP contribution in [0.3, 0.4) is 0 Å². The van der Waals surface area contributed by atoms with Crippen molar-refractivity contribution in [3.8, 4) is 0 Å². The summed E-state index contributed by atoms with van der Waals surface area (Å²) in [6.45, 7) is 0.342. The van der Waals surface area contributed by atoms with Gasteiger partial charge in [0.25, 0.3) is 5.91 Å². The Morgan fingerprint density at radius 2 is 1.77 bits per heavy atom. The number of hydrogen-bond donors (Lipinski definition) is 1. The zero-order chi connectivity index (χ0) is 25.0. The lowest BCUT2D eigenvalue weighted by Gasteiger charge is -2.25. The van der Waals surface area contributed by atoms with E-state index in [9.17, 15) is 22.0 Å². The van der Waals surface area contributed by atoms with Crippen LogP contribution in [0, 0.1) is 11.6 Å². The molecule has 0 saturated heterocycles. The Labute approximate surface area is 200 Å². The van der Waals surface area contributed by atoms with Crippen molar-refractivity contribution in [2.75, 3.05) is 16.5 Å². The molecule has 1 amide bonds. The smallest absolute Gasteiger partial charge is 0.276 e. The number of nitrogens with zero attached hydrogens (tertiary/aromatic N) is 3. The molecule has 11 heteroatoms. The fourth-order valence-corrected chi connectivity index (χ4v) is 3.81. The van der Waals surface area contributed by atoms with Crippen LogP contribution in [0.2, 0.25) is 0 Å². The number of sulfone groups is 1. The van der Waals surface area contributed by atoms with Crippen molar-refractivity contribution in [3.63, 3.8) is 0 Å². The zero-order valence-electron chi connectivity index (χ0n) is 18.5. The van der Waals surface area contributed by atoms with Crippen molar-refractivity contribution >= 4 is 27.1 Å². The van der Waals surface area contributed by atoms with E-state index in [-0.39, 0.29) is 30.2 Å². The number of anilines is 2. The molecular formula is C24H20F2N4O4S. The van der Waals surface area contributed by atoms with E-state index in [0.717, 1.165) is 6.26 Å². The molecule has 180 valence electrons. The summed E-state index contributed by atoms with van der Waals surface area (Å²) in [5, 5.41) is 1.88. The molecule has 0 atom stereocenters. The summed E-state index contributed by atoms with van der Waals surface area (Å²) in [5.41, 5.74) is 0.494. The van der Waals surface area contributed by atoms with E-state index in [2.05, 4.69) is 15.3 Å². The van der Waals surface area contributed by atoms with Crippen molar-refractivity contribution in [1.29, 1.82) is 0 Å². The number of halogens is 2. The largest absolute Gasteiger partial charge is 0.467 e. The molecule has 0 saturated carbocycles. The van der Waals surface area contributed by atoms with Crippen LogP contribution in [0.4, 0.5) is 20.2 Å². The molecule has 0 radical (unpaired) electrons. The summed E-state index contributed by atoms with van der Waals surface area (Å²) in [4.78, 5) is 22.8. The maximum atomic E-state index is 14.2. The lowest BCUT2D eigenvalue weighted by Crippen LogP contribution is -2.27. The lowest BCUT2D eigenvalue weighted by molar-refractivity contribution is 0.102. The highest BCUT2D eigenvalue weighted by molar-refractivity contribution is 7.90. The second kappa shape index (κ2) is 10.0. The number of furan rings is 1. The maximum Gasteiger partial charge on any atom is 0.276 e. The summed E-state index contributed by atoms with van der Waals surface area (Å²) in [5.74, 6) is -1.36. The summed E-state index contributed by atoms with van der Waals surface area (Å²) < 4.78 is 57.2. The van der Waals surface area contributed by atoms with Gasteiger partial charge in [-0.2, -0.15) is 0 Å². The minimum Gasteiger partial charge on any atom is -0.467 e. The summed E-state index contributed by atoms with van der Waals surface area (Å²) in [6, 6.07) is 14.7. The number of para-hydroxylation sites is 1. The Kier molecular flexibility index (Phi) is 6.87. The summed E-state index contributed by atoms with van der Waals surface area (Å²) in [6.07, 6.45) is 3.62. The van der Waals surface area contributed by atoms with Gasteiger partial charge in [-0.1, -0.05) is 24.3 Å². The second-order valence-electron chi connectivity index (χ2n) is 7.65. The van der Waals surface area contributed by atoms with Gasteiger partial charge in [0.1, 0.15) is 17.4 Å². The molecule has 0 bridgehead atoms. The normalized spacial score (nSPS) is 11.3. The molecule has 2 heterocycles. The molecule has 1 N–H and O–H groups in total. The highest BCUT2D eigenvalue weighted by atomic mass is 32.2. The fourth-order valence-electron chi connectivity index (χ4n) is 3.31. The van der Waals surface area contributed by atoms with Crippen LogP contribution in [0.15, 0.2) is 82.7 Å². The van der Waals surface area contributed by atoms with Gasteiger partial charge in [0.2, 0.25) is 15.0 Å². The fraction of sp³-hybridized carbons (Fsp3) is 0.125. The summed E-state index contributed by atoms with van der Waals surface area (Å²) >= 11 is 0. The Balaban J connectivity index is 1.79. The van der Waals surface area contributed by atoms with Crippen LogP contribution in [0.25, 0.3) is 0 Å². The van der Waals surface area contributed by atoms with Crippen molar-refractivity contribution in [2.45, 2.75) is 18.2 Å². The topological polar surface area (TPSA) is 105 Å². The predicted octanol–water partition coefficient (Wildman–Crippen LogP) is 4.21. The Bertz CT molecular complexity index is 1440. The van der Waals surface area contributed by atoms with Crippen LogP contribution in [0.5, 0.6) is 0 Å². The number of hydrogen-bond acceptors (Lipinski definition) is 7. The summed E-state index contributed by atoms with van der Waals surface area (Å²) in [7, 11) is -3.85. The van der Waals surface area contributed by atoms with Crippen LogP contribution in [-0.4, -0.2) is 30.5 Å². The number of amides is 1. The minimum atomic E-state index is -3.85. The van der Waals surface area contributed by atoms with Gasteiger partial charge >= 0.3 is 0 Å². The van der Waals surface area contributed by atoms with E-state index in [4.69, 9.17) is 4.42 Å². The first-order valence-corrected chi connectivity index (χ1v) is 12.2. The van der Waals surface area contributed by atoms with E-state index < -0.39 is 32.5 Å². The molecule has 8 nitrogen and oxygen atoms in total. The molecule has 0 spiro atoms. The van der Waals surface area contributed by atoms with Gasteiger partial charge in [-0.25, -0.2) is 27.2 Å². The second-order valence-corrected chi connectivity index (χ2v) is 9.56. The lowest BCUT2D eigenvalue weighted by atomic mass is 10.1. The highest BCUT2D eigenvalue weighted by Gasteiger charge is 2.24. The zero-order valence-corrected chi connectivity index (χ0v) is 19.3. The van der Waals surface area contributed by atoms with Gasteiger partial charge in [-0.3, -0.25) is 4.79 Å². The standard InChI is InChI=1S/C24H20F2N4O4S/c1-35(32,33)24-27-13-21(22(29-24)23(31)28-20-7-3-2-6-19(20)26)30(15-18-5-4-12-34-18)14-16-8-10-17(25)11-9-16/h2-13H,14-15H2,1H3,(H,28,31). The average Bonchev–Trinajstić information content (AvgIpc) is 3.34. The number of aromatic nitrogens is 2. The van der Waals surface area contributed by atoms with Gasteiger partial charge in [-0.15, -0.1) is 0 Å². The molecule has 2 aromatic carbocycles. The molecule has 0 aliphatic heterocycles. The molecule has 4 aromatic rings. The first-order valence-electron chi connectivity index (χ1n) is 10.4. The van der Waals surface area contributed by atoms with E-state index in [1.54, 1.807) is 35.2 Å². The van der Waals surface area contributed by atoms with Crippen molar-refractivity contribution in [1.82, 2.24) is 9.97 Å². The van der Waals surface area contributed by atoms with E-state index >= 15 is 0 Å². The first kappa shape index (κ1) is 24.0. The van der Waals surface area contributed by atoms with Gasteiger partial charge in [-0.05, 0) is 42.0 Å². The number of nitrogens with one attached hydrogen (secondary N) is 1. The average molecular weight is 499 g/mol. The van der Waals surface area contributed by atoms with E-state index in [0.29, 0.717) is 11.3 Å². The quantitative estimate of drug-likeness (QED) is 0.363. The maximum absolute atomic E-state index is 14.2. The molecule has 0 fully saturated rings. The monoisotopic (exact) mass is 498 g/mol. The van der Waals surface area contributed by atoms with Crippen LogP contribution < -0.4 is 10.2 Å². The molecule has 4 rings (SSSR count). The minimum absolute atomic E-state index is 0.0981. The number of carbonyl (C=O) groups is 1. The van der Waals surface area contributed by atoms with Crippen molar-refractivity contribution < 1.29 is 26.4 Å². The SMILES string of the molecule is CS(=O)(=O)c1ncc(N(Cc2ccc(F)cc2)Cc2ccco2)c(C(=O)Nc2ccccc2F)n1. The number of rotatable bonds is 8. The third kappa shape index (κ3) is 5.87. The van der Waals surface area contributed by atoms with Crippen LogP contribution in [-0.2, 0) is 22.9 Å². The van der Waals surface area contributed by atoms with Gasteiger partial charge in [0.05, 0.1) is 30.4 Å². The molecule has 0 unspecified atom stereocenters. The molecule has 35 heavy (non-hydrogen) atoms. The molecule has 2 aromatic heterocycles.